The largest absolute Gasteiger partial charge is 0.325 e. The van der Waals surface area contributed by atoms with Crippen molar-refractivity contribution in [1.29, 1.82) is 0 Å². The molecule has 0 saturated heterocycles. The molecule has 0 fully saturated rings. The van der Waals surface area contributed by atoms with Crippen LogP contribution in [0.25, 0.3) is 11.3 Å². The summed E-state index contributed by atoms with van der Waals surface area (Å²) < 4.78 is 28.7. The molecule has 1 aliphatic heterocycles. The number of sulfonamides is 1. The van der Waals surface area contributed by atoms with Crippen molar-refractivity contribution in [3.8, 4) is 11.3 Å². The van der Waals surface area contributed by atoms with Crippen molar-refractivity contribution < 1.29 is 13.2 Å². The Morgan fingerprint density at radius 3 is 2.49 bits per heavy atom. The zero-order valence-electron chi connectivity index (χ0n) is 18.9. The van der Waals surface area contributed by atoms with Crippen molar-refractivity contribution in [3.05, 3.63) is 96.2 Å². The lowest BCUT2D eigenvalue weighted by atomic mass is 10.1. The molecule has 35 heavy (non-hydrogen) atoms. The molecule has 1 amide bonds. The molecule has 1 aromatic heterocycles. The molecule has 176 valence electrons. The number of aromatic nitrogens is 2. The number of amides is 1. The summed E-state index contributed by atoms with van der Waals surface area (Å²) in [5.74, 6) is -0.0958. The Balaban J connectivity index is 1.44. The molecule has 1 N–H and O–H groups in total. The molecule has 0 radical (unpaired) electrons. The van der Waals surface area contributed by atoms with Gasteiger partial charge in [-0.05, 0) is 36.2 Å². The molecule has 0 spiro atoms. The summed E-state index contributed by atoms with van der Waals surface area (Å²) in [6.07, 6.45) is 1.34. The number of hydrogen-bond acceptors (Lipinski definition) is 6. The van der Waals surface area contributed by atoms with Crippen molar-refractivity contribution in [2.75, 3.05) is 15.4 Å². The van der Waals surface area contributed by atoms with Gasteiger partial charge in [0.2, 0.25) is 5.91 Å². The summed E-state index contributed by atoms with van der Waals surface area (Å²) in [6, 6.07) is 24.2. The number of carbonyl (C=O) groups is 1. The van der Waals surface area contributed by atoms with Gasteiger partial charge in [0.15, 0.2) is 5.16 Å². The molecule has 0 aliphatic carbocycles. The fourth-order valence-corrected chi connectivity index (χ4v) is 6.07. The van der Waals surface area contributed by atoms with Crippen LogP contribution in [0.15, 0.2) is 95.1 Å². The highest BCUT2D eigenvalue weighted by molar-refractivity contribution is 7.99. The van der Waals surface area contributed by atoms with E-state index in [0.29, 0.717) is 27.8 Å². The summed E-state index contributed by atoms with van der Waals surface area (Å²) in [5.41, 5.74) is 4.28. The van der Waals surface area contributed by atoms with Crippen LogP contribution in [0.5, 0.6) is 0 Å². The first-order valence-electron chi connectivity index (χ1n) is 10.9. The Morgan fingerprint density at radius 2 is 1.69 bits per heavy atom. The van der Waals surface area contributed by atoms with Gasteiger partial charge in [0.05, 0.1) is 29.9 Å². The third-order valence-corrected chi connectivity index (χ3v) is 8.32. The van der Waals surface area contributed by atoms with Gasteiger partial charge in [-0.15, -0.1) is 0 Å². The SMILES string of the molecule is Cc1ccccc1CN1c2ccccc2-c2nc(SCC(=O)Nc3ccccc3)ncc2S1(=O)=O. The number of thioether (sulfide) groups is 1. The first-order chi connectivity index (χ1) is 16.9. The van der Waals surface area contributed by atoms with Crippen LogP contribution in [0.3, 0.4) is 0 Å². The Hall–Kier alpha value is -3.69. The lowest BCUT2D eigenvalue weighted by Crippen LogP contribution is -2.34. The highest BCUT2D eigenvalue weighted by atomic mass is 32.2. The van der Waals surface area contributed by atoms with Crippen molar-refractivity contribution in [2.24, 2.45) is 0 Å². The van der Waals surface area contributed by atoms with Gasteiger partial charge in [-0.3, -0.25) is 9.10 Å². The maximum atomic E-state index is 13.6. The van der Waals surface area contributed by atoms with E-state index in [0.717, 1.165) is 22.9 Å². The minimum atomic E-state index is -3.88. The van der Waals surface area contributed by atoms with Gasteiger partial charge in [-0.1, -0.05) is 72.4 Å². The molecule has 3 aromatic carbocycles. The van der Waals surface area contributed by atoms with E-state index in [1.54, 1.807) is 6.07 Å². The van der Waals surface area contributed by atoms with Crippen molar-refractivity contribution in [1.82, 2.24) is 9.97 Å². The molecule has 0 atom stereocenters. The molecule has 0 unspecified atom stereocenters. The van der Waals surface area contributed by atoms with Gasteiger partial charge in [0.1, 0.15) is 4.90 Å². The zero-order valence-corrected chi connectivity index (χ0v) is 20.5. The number of nitrogens with one attached hydrogen (secondary N) is 1. The van der Waals surface area contributed by atoms with Gasteiger partial charge in [-0.2, -0.15) is 0 Å². The predicted molar refractivity (Wildman–Crippen MR) is 138 cm³/mol. The van der Waals surface area contributed by atoms with E-state index in [9.17, 15) is 13.2 Å². The number of nitrogens with zero attached hydrogens (tertiary/aromatic N) is 3. The van der Waals surface area contributed by atoms with E-state index < -0.39 is 10.0 Å². The number of para-hydroxylation sites is 2. The fourth-order valence-electron chi connectivity index (χ4n) is 3.91. The smallest absolute Gasteiger partial charge is 0.268 e. The molecular weight excluding hydrogens is 480 g/mol. The van der Waals surface area contributed by atoms with Crippen LogP contribution in [-0.2, 0) is 21.4 Å². The first-order valence-corrected chi connectivity index (χ1v) is 13.4. The van der Waals surface area contributed by atoms with Gasteiger partial charge in [-0.25, -0.2) is 18.4 Å². The van der Waals surface area contributed by atoms with E-state index in [-0.39, 0.29) is 23.1 Å². The topological polar surface area (TPSA) is 92.3 Å². The lowest BCUT2D eigenvalue weighted by Gasteiger charge is -2.31. The monoisotopic (exact) mass is 502 g/mol. The van der Waals surface area contributed by atoms with Gasteiger partial charge >= 0.3 is 0 Å². The van der Waals surface area contributed by atoms with E-state index in [4.69, 9.17) is 0 Å². The molecule has 7 nitrogen and oxygen atoms in total. The minimum Gasteiger partial charge on any atom is -0.325 e. The van der Waals surface area contributed by atoms with Gasteiger partial charge in [0, 0.05) is 11.3 Å². The van der Waals surface area contributed by atoms with Crippen LogP contribution in [0.1, 0.15) is 11.1 Å². The molecule has 0 saturated carbocycles. The van der Waals surface area contributed by atoms with E-state index in [2.05, 4.69) is 15.3 Å². The normalized spacial score (nSPS) is 13.6. The summed E-state index contributed by atoms with van der Waals surface area (Å²) in [6.45, 7) is 2.17. The van der Waals surface area contributed by atoms with E-state index in [1.807, 2.05) is 79.7 Å². The van der Waals surface area contributed by atoms with Gasteiger partial charge in [0.25, 0.3) is 10.0 Å². The maximum Gasteiger partial charge on any atom is 0.268 e. The molecular formula is C26H22N4O3S2. The first kappa shape index (κ1) is 23.1. The summed E-state index contributed by atoms with van der Waals surface area (Å²) >= 11 is 1.16. The number of hydrogen-bond donors (Lipinski definition) is 1. The number of rotatable bonds is 6. The average molecular weight is 503 g/mol. The molecule has 2 heterocycles. The van der Waals surface area contributed by atoms with Crippen molar-refractivity contribution in [3.63, 3.8) is 0 Å². The predicted octanol–water partition coefficient (Wildman–Crippen LogP) is 4.89. The average Bonchev–Trinajstić information content (AvgIpc) is 2.87. The highest BCUT2D eigenvalue weighted by Gasteiger charge is 2.36. The second kappa shape index (κ2) is 9.52. The summed E-state index contributed by atoms with van der Waals surface area (Å²) in [5, 5.41) is 3.16. The third-order valence-electron chi connectivity index (χ3n) is 5.69. The fraction of sp³-hybridized carbons (Fsp3) is 0.115. The Labute approximate surface area is 208 Å². The van der Waals surface area contributed by atoms with Crippen molar-refractivity contribution in [2.45, 2.75) is 23.5 Å². The molecule has 0 bridgehead atoms. The Bertz CT molecular complexity index is 1510. The van der Waals surface area contributed by atoms with Crippen LogP contribution in [-0.4, -0.2) is 30.0 Å². The maximum absolute atomic E-state index is 13.6. The van der Waals surface area contributed by atoms with Crippen LogP contribution in [0.4, 0.5) is 11.4 Å². The van der Waals surface area contributed by atoms with E-state index in [1.165, 1.54) is 10.5 Å². The number of fused-ring (bicyclic) bond motifs is 3. The quantitative estimate of drug-likeness (QED) is 0.298. The van der Waals surface area contributed by atoms with Gasteiger partial charge < -0.3 is 5.32 Å². The minimum absolute atomic E-state index is 0.0582. The summed E-state index contributed by atoms with van der Waals surface area (Å²) in [7, 11) is -3.88. The molecule has 1 aliphatic rings. The Morgan fingerprint density at radius 1 is 0.971 bits per heavy atom. The molecule has 9 heteroatoms. The second-order valence-corrected chi connectivity index (χ2v) is 10.8. The van der Waals surface area contributed by atoms with E-state index >= 15 is 0 Å². The number of carbonyl (C=O) groups excluding carboxylic acids is 1. The summed E-state index contributed by atoms with van der Waals surface area (Å²) in [4.78, 5) is 21.2. The van der Waals surface area contributed by atoms with Crippen LogP contribution < -0.4 is 9.62 Å². The Kier molecular flexibility index (Phi) is 6.27. The second-order valence-electron chi connectivity index (χ2n) is 8.02. The molecule has 4 aromatic rings. The number of aryl methyl sites for hydroxylation is 1. The molecule has 5 rings (SSSR count). The standard InChI is InChI=1S/C26H22N4O3S2/c1-18-9-5-6-10-19(18)16-30-22-14-8-7-13-21(22)25-23(35(30,32)33)15-27-26(29-25)34-17-24(31)28-20-11-3-2-4-12-20/h2-15H,16-17H2,1H3,(H,28,31). The van der Waals surface area contributed by atoms with Crippen LogP contribution in [0.2, 0.25) is 0 Å². The highest BCUT2D eigenvalue weighted by Crippen LogP contribution is 2.43. The third kappa shape index (κ3) is 4.65. The number of anilines is 2. The van der Waals surface area contributed by atoms with Crippen LogP contribution in [0, 0.1) is 6.92 Å². The number of benzene rings is 3. The lowest BCUT2D eigenvalue weighted by molar-refractivity contribution is -0.113. The zero-order chi connectivity index (χ0) is 24.4. The van der Waals surface area contributed by atoms with Crippen LogP contribution >= 0.6 is 11.8 Å². The van der Waals surface area contributed by atoms with Crippen molar-refractivity contribution >= 4 is 39.1 Å².